The number of aromatic nitrogens is 1. The highest BCUT2D eigenvalue weighted by molar-refractivity contribution is 7.89. The van der Waals surface area contributed by atoms with Gasteiger partial charge in [0.15, 0.2) is 16.8 Å². The summed E-state index contributed by atoms with van der Waals surface area (Å²) in [5.41, 5.74) is 0.618. The maximum atomic E-state index is 13.4. The number of benzene rings is 2. The van der Waals surface area contributed by atoms with Crippen LogP contribution in [0.3, 0.4) is 0 Å². The van der Waals surface area contributed by atoms with Gasteiger partial charge >= 0.3 is 0 Å². The Balaban J connectivity index is 1.41. The number of rotatable bonds is 4. The Kier molecular flexibility index (Phi) is 5.75. The molecule has 1 aromatic heterocycles. The van der Waals surface area contributed by atoms with Crippen LogP contribution in [0, 0.1) is 17.6 Å². The number of fused-ring (bicyclic) bond motifs is 1. The van der Waals surface area contributed by atoms with Crippen LogP contribution in [0.1, 0.15) is 12.8 Å². The molecule has 3 aromatic rings. The van der Waals surface area contributed by atoms with Crippen LogP contribution in [0.2, 0.25) is 5.02 Å². The first kappa shape index (κ1) is 21.1. The SMILES string of the molecule is O=C(Nc1nc2c(Cl)cccc2s1)C1CCN(S(=O)(=O)c2ccc(F)c(F)c2)CC1. The van der Waals surface area contributed by atoms with Gasteiger partial charge in [-0.15, -0.1) is 0 Å². The van der Waals surface area contributed by atoms with E-state index in [1.54, 1.807) is 12.1 Å². The number of thiazole rings is 1. The average molecular weight is 472 g/mol. The molecule has 1 amide bonds. The van der Waals surface area contributed by atoms with Crippen molar-refractivity contribution in [2.45, 2.75) is 17.7 Å². The number of carbonyl (C=O) groups excluding carboxylic acids is 1. The van der Waals surface area contributed by atoms with E-state index in [1.807, 2.05) is 6.07 Å². The summed E-state index contributed by atoms with van der Waals surface area (Å²) in [7, 11) is -3.96. The third kappa shape index (κ3) is 4.04. The maximum absolute atomic E-state index is 13.4. The number of hydrogen-bond acceptors (Lipinski definition) is 5. The highest BCUT2D eigenvalue weighted by Gasteiger charge is 2.32. The number of carbonyl (C=O) groups is 1. The van der Waals surface area contributed by atoms with E-state index < -0.39 is 21.7 Å². The van der Waals surface area contributed by atoms with Gasteiger partial charge in [0.1, 0.15) is 5.52 Å². The molecule has 4 rings (SSSR count). The van der Waals surface area contributed by atoms with E-state index in [4.69, 9.17) is 11.6 Å². The van der Waals surface area contributed by atoms with E-state index in [-0.39, 0.29) is 29.8 Å². The number of piperidine rings is 1. The van der Waals surface area contributed by atoms with Crippen molar-refractivity contribution in [2.24, 2.45) is 5.92 Å². The first-order chi connectivity index (χ1) is 14.3. The topological polar surface area (TPSA) is 79.4 Å². The number of anilines is 1. The number of hydrogen-bond donors (Lipinski definition) is 1. The molecule has 2 heterocycles. The Labute approximate surface area is 180 Å². The number of para-hydroxylation sites is 1. The zero-order valence-electron chi connectivity index (χ0n) is 15.4. The summed E-state index contributed by atoms with van der Waals surface area (Å²) in [6.45, 7) is 0.205. The van der Waals surface area contributed by atoms with Crippen LogP contribution < -0.4 is 5.32 Å². The fraction of sp³-hybridized carbons (Fsp3) is 0.263. The molecule has 6 nitrogen and oxygen atoms in total. The van der Waals surface area contributed by atoms with Crippen molar-refractivity contribution in [3.05, 3.63) is 53.1 Å². The third-order valence-corrected chi connectivity index (χ3v) is 8.09. The van der Waals surface area contributed by atoms with Gasteiger partial charge in [0.05, 0.1) is 14.6 Å². The molecule has 0 saturated carbocycles. The zero-order chi connectivity index (χ0) is 21.5. The molecule has 158 valence electrons. The first-order valence-electron chi connectivity index (χ1n) is 9.07. The maximum Gasteiger partial charge on any atom is 0.243 e. The molecule has 30 heavy (non-hydrogen) atoms. The second-order valence-corrected chi connectivity index (χ2v) is 10.2. The smallest absolute Gasteiger partial charge is 0.243 e. The van der Waals surface area contributed by atoms with Gasteiger partial charge in [-0.2, -0.15) is 4.31 Å². The summed E-state index contributed by atoms with van der Waals surface area (Å²) in [5.74, 6) is -2.96. The summed E-state index contributed by atoms with van der Waals surface area (Å²) in [4.78, 5) is 16.6. The fourth-order valence-electron chi connectivity index (χ4n) is 3.32. The van der Waals surface area contributed by atoms with Gasteiger partial charge in [-0.25, -0.2) is 22.2 Å². The van der Waals surface area contributed by atoms with Crippen LogP contribution in [-0.2, 0) is 14.8 Å². The molecule has 1 fully saturated rings. The number of halogens is 3. The van der Waals surface area contributed by atoms with Crippen LogP contribution in [0.4, 0.5) is 13.9 Å². The molecule has 0 bridgehead atoms. The lowest BCUT2D eigenvalue weighted by molar-refractivity contribution is -0.120. The molecular weight excluding hydrogens is 456 g/mol. The van der Waals surface area contributed by atoms with Gasteiger partial charge in [-0.3, -0.25) is 4.79 Å². The van der Waals surface area contributed by atoms with Crippen molar-refractivity contribution < 1.29 is 22.0 Å². The molecule has 0 aliphatic carbocycles. The molecule has 0 spiro atoms. The standard InChI is InChI=1S/C19H16ClF2N3O3S2/c20-13-2-1-3-16-17(13)23-19(29-16)24-18(26)11-6-8-25(9-7-11)30(27,28)12-4-5-14(21)15(22)10-12/h1-5,10-11H,6-9H2,(H,23,24,26). The van der Waals surface area contributed by atoms with Gasteiger partial charge < -0.3 is 5.32 Å². The van der Waals surface area contributed by atoms with Crippen molar-refractivity contribution in [2.75, 3.05) is 18.4 Å². The molecule has 1 saturated heterocycles. The fourth-order valence-corrected chi connectivity index (χ4v) is 5.97. The molecular formula is C19H16ClF2N3O3S2. The lowest BCUT2D eigenvalue weighted by atomic mass is 9.97. The summed E-state index contributed by atoms with van der Waals surface area (Å²) in [6.07, 6.45) is 0.612. The van der Waals surface area contributed by atoms with Gasteiger partial charge in [-0.05, 0) is 43.2 Å². The summed E-state index contributed by atoms with van der Waals surface area (Å²) < 4.78 is 53.9. The van der Waals surface area contributed by atoms with E-state index in [1.165, 1.54) is 15.6 Å². The Morgan fingerprint density at radius 1 is 1.17 bits per heavy atom. The monoisotopic (exact) mass is 471 g/mol. The second-order valence-electron chi connectivity index (χ2n) is 6.85. The first-order valence-corrected chi connectivity index (χ1v) is 11.7. The molecule has 0 unspecified atom stereocenters. The van der Waals surface area contributed by atoms with Crippen LogP contribution in [0.5, 0.6) is 0 Å². The van der Waals surface area contributed by atoms with Crippen LogP contribution in [0.15, 0.2) is 41.3 Å². The van der Waals surface area contributed by atoms with E-state index in [0.717, 1.165) is 16.8 Å². The van der Waals surface area contributed by atoms with Crippen molar-refractivity contribution in [3.8, 4) is 0 Å². The summed E-state index contributed by atoms with van der Waals surface area (Å²) in [5, 5.41) is 3.71. The molecule has 11 heteroatoms. The molecule has 0 atom stereocenters. The second kappa shape index (κ2) is 8.18. The van der Waals surface area contributed by atoms with Crippen molar-refractivity contribution in [3.63, 3.8) is 0 Å². The quantitative estimate of drug-likeness (QED) is 0.616. The highest BCUT2D eigenvalue weighted by atomic mass is 35.5. The van der Waals surface area contributed by atoms with E-state index in [9.17, 15) is 22.0 Å². The van der Waals surface area contributed by atoms with Gasteiger partial charge in [0.2, 0.25) is 15.9 Å². The number of sulfonamides is 1. The third-order valence-electron chi connectivity index (χ3n) is 4.95. The molecule has 1 N–H and O–H groups in total. The summed E-state index contributed by atoms with van der Waals surface area (Å²) >= 11 is 7.42. The van der Waals surface area contributed by atoms with Gasteiger partial charge in [0, 0.05) is 19.0 Å². The lowest BCUT2D eigenvalue weighted by Crippen LogP contribution is -2.41. The predicted molar refractivity (Wildman–Crippen MR) is 111 cm³/mol. The number of amides is 1. The Hall–Kier alpha value is -2.14. The molecule has 0 radical (unpaired) electrons. The van der Waals surface area contributed by atoms with Crippen LogP contribution in [0.25, 0.3) is 10.2 Å². The minimum absolute atomic E-state index is 0.102. The van der Waals surface area contributed by atoms with Crippen molar-refractivity contribution >= 4 is 54.2 Å². The highest BCUT2D eigenvalue weighted by Crippen LogP contribution is 2.32. The minimum Gasteiger partial charge on any atom is -0.302 e. The van der Waals surface area contributed by atoms with E-state index >= 15 is 0 Å². The minimum atomic E-state index is -3.96. The Morgan fingerprint density at radius 3 is 2.57 bits per heavy atom. The zero-order valence-corrected chi connectivity index (χ0v) is 17.8. The van der Waals surface area contributed by atoms with Crippen LogP contribution >= 0.6 is 22.9 Å². The Morgan fingerprint density at radius 2 is 1.90 bits per heavy atom. The van der Waals surface area contributed by atoms with E-state index in [2.05, 4.69) is 10.3 Å². The number of nitrogens with one attached hydrogen (secondary N) is 1. The largest absolute Gasteiger partial charge is 0.302 e. The van der Waals surface area contributed by atoms with Crippen LogP contribution in [-0.4, -0.2) is 36.7 Å². The summed E-state index contributed by atoms with van der Waals surface area (Å²) in [6, 6.07) is 7.87. The van der Waals surface area contributed by atoms with E-state index in [0.29, 0.717) is 34.6 Å². The molecule has 2 aromatic carbocycles. The average Bonchev–Trinajstić information content (AvgIpc) is 3.14. The predicted octanol–water partition coefficient (Wildman–Crippen LogP) is 4.27. The van der Waals surface area contributed by atoms with Gasteiger partial charge in [-0.1, -0.05) is 29.0 Å². The normalized spacial score (nSPS) is 16.1. The van der Waals surface area contributed by atoms with Crippen molar-refractivity contribution in [1.82, 2.24) is 9.29 Å². The molecule has 1 aliphatic rings. The Bertz CT molecular complexity index is 1220. The lowest BCUT2D eigenvalue weighted by Gasteiger charge is -2.30. The van der Waals surface area contributed by atoms with Gasteiger partial charge in [0.25, 0.3) is 0 Å². The van der Waals surface area contributed by atoms with Crippen molar-refractivity contribution in [1.29, 1.82) is 0 Å². The molecule has 1 aliphatic heterocycles. The number of nitrogens with zero attached hydrogens (tertiary/aromatic N) is 2.